The summed E-state index contributed by atoms with van der Waals surface area (Å²) >= 11 is 0. The van der Waals surface area contributed by atoms with E-state index in [1.54, 1.807) is 19.2 Å². The summed E-state index contributed by atoms with van der Waals surface area (Å²) in [6.45, 7) is 5.86. The Morgan fingerprint density at radius 2 is 1.67 bits per heavy atom. The second kappa shape index (κ2) is 10.4. The fourth-order valence-electron chi connectivity index (χ4n) is 2.89. The van der Waals surface area contributed by atoms with Crippen LogP contribution in [0.25, 0.3) is 0 Å². The number of nitrogens with one attached hydrogen (secondary N) is 2. The van der Waals surface area contributed by atoms with Crippen LogP contribution >= 0.6 is 0 Å². The minimum atomic E-state index is -3.94. The highest BCUT2D eigenvalue weighted by Crippen LogP contribution is 2.28. The maximum Gasteiger partial charge on any atom is 0.244 e. The van der Waals surface area contributed by atoms with Gasteiger partial charge in [-0.05, 0) is 54.7 Å². The van der Waals surface area contributed by atoms with Gasteiger partial charge in [-0.2, -0.15) is 4.72 Å². The Bertz CT molecular complexity index is 956. The van der Waals surface area contributed by atoms with Gasteiger partial charge in [0, 0.05) is 6.54 Å². The minimum absolute atomic E-state index is 0.0223. The summed E-state index contributed by atoms with van der Waals surface area (Å²) in [5, 5.41) is 2.76. The van der Waals surface area contributed by atoms with Crippen molar-refractivity contribution in [3.05, 3.63) is 53.6 Å². The number of benzene rings is 2. The molecule has 2 N–H and O–H groups in total. The summed E-state index contributed by atoms with van der Waals surface area (Å²) in [5.41, 5.74) is 1.91. The summed E-state index contributed by atoms with van der Waals surface area (Å²) < 4.78 is 38.5. The number of rotatable bonds is 10. The molecule has 1 unspecified atom stereocenters. The van der Waals surface area contributed by atoms with Crippen molar-refractivity contribution in [3.8, 4) is 11.5 Å². The van der Waals surface area contributed by atoms with Crippen LogP contribution in [-0.2, 0) is 21.2 Å². The zero-order valence-electron chi connectivity index (χ0n) is 18.1. The number of carbonyl (C=O) groups excluding carboxylic acids is 1. The van der Waals surface area contributed by atoms with Crippen molar-refractivity contribution < 1.29 is 22.7 Å². The standard InChI is InChI=1S/C22H30N2O5S/c1-15(2)18-8-11-20(29-5)21(14-18)30(26,27)24-16(3)22(25)23-13-12-17-6-9-19(28-4)10-7-17/h6-11,14-16,24H,12-13H2,1-5H3,(H,23,25). The Hall–Kier alpha value is -2.58. The Balaban J connectivity index is 2.00. The number of ether oxygens (including phenoxy) is 2. The van der Waals surface area contributed by atoms with Crippen LogP contribution in [0.1, 0.15) is 37.8 Å². The molecule has 0 saturated heterocycles. The molecule has 1 amide bonds. The van der Waals surface area contributed by atoms with Gasteiger partial charge >= 0.3 is 0 Å². The van der Waals surface area contributed by atoms with E-state index in [2.05, 4.69) is 10.0 Å². The van der Waals surface area contributed by atoms with Gasteiger partial charge in [-0.25, -0.2) is 8.42 Å². The van der Waals surface area contributed by atoms with Gasteiger partial charge in [-0.15, -0.1) is 0 Å². The molecule has 0 aliphatic carbocycles. The van der Waals surface area contributed by atoms with Crippen molar-refractivity contribution in [3.63, 3.8) is 0 Å². The van der Waals surface area contributed by atoms with Crippen molar-refractivity contribution in [2.45, 2.75) is 44.0 Å². The van der Waals surface area contributed by atoms with E-state index in [0.29, 0.717) is 13.0 Å². The fourth-order valence-corrected chi connectivity index (χ4v) is 4.29. The van der Waals surface area contributed by atoms with Crippen LogP contribution < -0.4 is 19.5 Å². The highest BCUT2D eigenvalue weighted by molar-refractivity contribution is 7.89. The average molecular weight is 435 g/mol. The number of carbonyl (C=O) groups is 1. The number of sulfonamides is 1. The summed E-state index contributed by atoms with van der Waals surface area (Å²) in [4.78, 5) is 12.4. The lowest BCUT2D eigenvalue weighted by Gasteiger charge is -2.17. The smallest absolute Gasteiger partial charge is 0.244 e. The lowest BCUT2D eigenvalue weighted by Crippen LogP contribution is -2.45. The minimum Gasteiger partial charge on any atom is -0.497 e. The summed E-state index contributed by atoms with van der Waals surface area (Å²) in [7, 11) is -0.919. The van der Waals surface area contributed by atoms with E-state index in [4.69, 9.17) is 9.47 Å². The van der Waals surface area contributed by atoms with Gasteiger partial charge in [0.25, 0.3) is 0 Å². The Labute approximate surface area is 178 Å². The van der Waals surface area contributed by atoms with Crippen molar-refractivity contribution in [2.75, 3.05) is 20.8 Å². The molecule has 2 aromatic carbocycles. The third kappa shape index (κ3) is 6.21. The predicted octanol–water partition coefficient (Wildman–Crippen LogP) is 2.85. The summed E-state index contributed by atoms with van der Waals surface area (Å²) in [6.07, 6.45) is 0.624. The SMILES string of the molecule is COc1ccc(CCNC(=O)C(C)NS(=O)(=O)c2cc(C(C)C)ccc2OC)cc1. The van der Waals surface area contributed by atoms with Crippen molar-refractivity contribution in [2.24, 2.45) is 0 Å². The van der Waals surface area contributed by atoms with Gasteiger partial charge in [-0.3, -0.25) is 4.79 Å². The molecule has 7 nitrogen and oxygen atoms in total. The molecule has 0 aliphatic heterocycles. The molecule has 0 aromatic heterocycles. The molecule has 0 radical (unpaired) electrons. The highest BCUT2D eigenvalue weighted by Gasteiger charge is 2.25. The summed E-state index contributed by atoms with van der Waals surface area (Å²) in [6, 6.07) is 11.7. The van der Waals surface area contributed by atoms with E-state index >= 15 is 0 Å². The molecule has 164 valence electrons. The molecule has 0 aliphatic rings. The summed E-state index contributed by atoms with van der Waals surface area (Å²) in [5.74, 6) is 0.761. The van der Waals surface area contributed by atoms with Crippen LogP contribution in [-0.4, -0.2) is 41.1 Å². The van der Waals surface area contributed by atoms with E-state index in [1.165, 1.54) is 14.0 Å². The van der Waals surface area contributed by atoms with Crippen molar-refractivity contribution in [1.29, 1.82) is 0 Å². The molecular formula is C22H30N2O5S. The highest BCUT2D eigenvalue weighted by atomic mass is 32.2. The van der Waals surface area contributed by atoms with E-state index in [9.17, 15) is 13.2 Å². The maximum atomic E-state index is 12.9. The zero-order chi connectivity index (χ0) is 22.3. The predicted molar refractivity (Wildman–Crippen MR) is 117 cm³/mol. The molecule has 2 rings (SSSR count). The van der Waals surface area contributed by atoms with Crippen LogP contribution in [0.5, 0.6) is 11.5 Å². The Morgan fingerprint density at radius 1 is 1.00 bits per heavy atom. The molecule has 30 heavy (non-hydrogen) atoms. The van der Waals surface area contributed by atoms with E-state index in [1.807, 2.05) is 44.2 Å². The molecule has 0 saturated carbocycles. The van der Waals surface area contributed by atoms with E-state index < -0.39 is 22.0 Å². The van der Waals surface area contributed by atoms with E-state index in [0.717, 1.165) is 16.9 Å². The third-order valence-electron chi connectivity index (χ3n) is 4.74. The first-order valence-corrected chi connectivity index (χ1v) is 11.3. The number of hydrogen-bond donors (Lipinski definition) is 2. The van der Waals surface area contributed by atoms with Crippen LogP contribution in [0, 0.1) is 0 Å². The third-order valence-corrected chi connectivity index (χ3v) is 6.30. The van der Waals surface area contributed by atoms with Gasteiger partial charge in [0.2, 0.25) is 15.9 Å². The second-order valence-corrected chi connectivity index (χ2v) is 8.98. The fraction of sp³-hybridized carbons (Fsp3) is 0.409. The first-order valence-electron chi connectivity index (χ1n) is 9.79. The van der Waals surface area contributed by atoms with Crippen molar-refractivity contribution >= 4 is 15.9 Å². The van der Waals surface area contributed by atoms with Gasteiger partial charge in [-0.1, -0.05) is 32.0 Å². The van der Waals surface area contributed by atoms with Gasteiger partial charge in [0.15, 0.2) is 0 Å². The Kier molecular flexibility index (Phi) is 8.25. The van der Waals surface area contributed by atoms with Crippen LogP contribution in [0.4, 0.5) is 0 Å². The molecule has 2 aromatic rings. The lowest BCUT2D eigenvalue weighted by molar-refractivity contribution is -0.122. The molecule has 8 heteroatoms. The molecular weight excluding hydrogens is 404 g/mol. The Morgan fingerprint density at radius 3 is 2.23 bits per heavy atom. The van der Waals surface area contributed by atoms with Gasteiger partial charge in [0.1, 0.15) is 16.4 Å². The monoisotopic (exact) mass is 434 g/mol. The molecule has 0 bridgehead atoms. The number of methoxy groups -OCH3 is 2. The molecule has 1 atom stereocenters. The molecule has 0 fully saturated rings. The quantitative estimate of drug-likeness (QED) is 0.600. The largest absolute Gasteiger partial charge is 0.497 e. The zero-order valence-corrected chi connectivity index (χ0v) is 18.9. The maximum absolute atomic E-state index is 12.9. The number of amides is 1. The van der Waals surface area contributed by atoms with Crippen LogP contribution in [0.15, 0.2) is 47.4 Å². The lowest BCUT2D eigenvalue weighted by atomic mass is 10.0. The molecule has 0 heterocycles. The van der Waals surface area contributed by atoms with Crippen LogP contribution in [0.3, 0.4) is 0 Å². The van der Waals surface area contributed by atoms with Crippen LogP contribution in [0.2, 0.25) is 0 Å². The average Bonchev–Trinajstić information content (AvgIpc) is 2.73. The van der Waals surface area contributed by atoms with Gasteiger partial charge in [0.05, 0.1) is 20.3 Å². The van der Waals surface area contributed by atoms with Crippen molar-refractivity contribution in [1.82, 2.24) is 10.0 Å². The first-order chi connectivity index (χ1) is 14.2. The van der Waals surface area contributed by atoms with E-state index in [-0.39, 0.29) is 16.6 Å². The van der Waals surface area contributed by atoms with Gasteiger partial charge < -0.3 is 14.8 Å². The normalized spacial score (nSPS) is 12.5. The number of hydrogen-bond acceptors (Lipinski definition) is 5. The molecule has 0 spiro atoms. The topological polar surface area (TPSA) is 93.7 Å². The second-order valence-electron chi connectivity index (χ2n) is 7.30. The first kappa shape index (κ1) is 23.7.